The van der Waals surface area contributed by atoms with Crippen LogP contribution in [-0.2, 0) is 4.79 Å². The van der Waals surface area contributed by atoms with Crippen LogP contribution < -0.4 is 4.90 Å². The number of hydrogen-bond donors (Lipinski definition) is 1. The Bertz CT molecular complexity index is 802. The Labute approximate surface area is 170 Å². The fourth-order valence-electron chi connectivity index (χ4n) is 7.04. The van der Waals surface area contributed by atoms with Gasteiger partial charge < -0.3 is 14.9 Å². The quantitative estimate of drug-likeness (QED) is 0.621. The van der Waals surface area contributed by atoms with Crippen molar-refractivity contribution in [3.63, 3.8) is 0 Å². The Balaban J connectivity index is 1.19. The molecule has 0 unspecified atom stereocenters. The third-order valence-corrected chi connectivity index (χ3v) is 7.74. The fraction of sp³-hybridized carbons (Fsp3) is 0.682. The highest BCUT2D eigenvalue weighted by Crippen LogP contribution is 2.62. The van der Waals surface area contributed by atoms with Crippen LogP contribution in [0.3, 0.4) is 0 Å². The van der Waals surface area contributed by atoms with Crippen molar-refractivity contribution < 1.29 is 14.8 Å². The van der Waals surface area contributed by atoms with Crippen LogP contribution in [0.4, 0.5) is 11.4 Å². The predicted octanol–water partition coefficient (Wildman–Crippen LogP) is 2.96. The molecule has 4 aliphatic carbocycles. The molecule has 1 saturated heterocycles. The van der Waals surface area contributed by atoms with Crippen LogP contribution in [0.1, 0.15) is 44.9 Å². The van der Waals surface area contributed by atoms with Crippen LogP contribution in [0.2, 0.25) is 0 Å². The fourth-order valence-corrected chi connectivity index (χ4v) is 7.04. The summed E-state index contributed by atoms with van der Waals surface area (Å²) in [6.07, 6.45) is 6.73. The first kappa shape index (κ1) is 18.9. The molecule has 156 valence electrons. The van der Waals surface area contributed by atoms with Crippen LogP contribution in [0.5, 0.6) is 0 Å². The van der Waals surface area contributed by atoms with Gasteiger partial charge in [0.15, 0.2) is 0 Å². The summed E-state index contributed by atoms with van der Waals surface area (Å²) in [5.41, 5.74) is 0.565. The average Bonchev–Trinajstić information content (AvgIpc) is 2.66. The SMILES string of the molecule is O=C(CC12C[C@H]3C[C@@H](CC(O)(C3)C1)C2)N1CCN(c2ccc([N+](=O)[O-])cc2)CC1. The summed E-state index contributed by atoms with van der Waals surface area (Å²) >= 11 is 0. The maximum atomic E-state index is 13.1. The number of nitro benzene ring substituents is 1. The van der Waals surface area contributed by atoms with E-state index in [1.165, 1.54) is 18.6 Å². The second kappa shape index (κ2) is 6.69. The molecule has 1 aliphatic heterocycles. The Kier molecular flexibility index (Phi) is 4.35. The van der Waals surface area contributed by atoms with Crippen molar-refractivity contribution in [2.24, 2.45) is 17.3 Å². The molecule has 5 fully saturated rings. The van der Waals surface area contributed by atoms with Gasteiger partial charge in [0.05, 0.1) is 10.5 Å². The zero-order valence-electron chi connectivity index (χ0n) is 16.8. The van der Waals surface area contributed by atoms with Gasteiger partial charge in [-0.15, -0.1) is 0 Å². The lowest BCUT2D eigenvalue weighted by atomic mass is 9.47. The molecule has 0 aromatic heterocycles. The predicted molar refractivity (Wildman–Crippen MR) is 109 cm³/mol. The van der Waals surface area contributed by atoms with Gasteiger partial charge in [-0.3, -0.25) is 14.9 Å². The van der Waals surface area contributed by atoms with Crippen molar-refractivity contribution >= 4 is 17.3 Å². The Morgan fingerprint density at radius 3 is 2.24 bits per heavy atom. The van der Waals surface area contributed by atoms with Gasteiger partial charge >= 0.3 is 0 Å². The molecule has 1 amide bonds. The zero-order valence-corrected chi connectivity index (χ0v) is 16.8. The highest BCUT2D eigenvalue weighted by molar-refractivity contribution is 5.77. The van der Waals surface area contributed by atoms with E-state index in [-0.39, 0.29) is 21.9 Å². The Morgan fingerprint density at radius 2 is 1.69 bits per heavy atom. The van der Waals surface area contributed by atoms with Crippen LogP contribution in [0.25, 0.3) is 0 Å². The summed E-state index contributed by atoms with van der Waals surface area (Å²) < 4.78 is 0. The number of nitro groups is 1. The molecule has 1 aromatic carbocycles. The third-order valence-electron chi connectivity index (χ3n) is 7.74. The van der Waals surface area contributed by atoms with E-state index in [9.17, 15) is 20.0 Å². The first-order valence-corrected chi connectivity index (χ1v) is 10.8. The zero-order chi connectivity index (χ0) is 20.2. The number of carbonyl (C=O) groups excluding carboxylic acids is 1. The largest absolute Gasteiger partial charge is 0.390 e. The molecular formula is C22H29N3O4. The van der Waals surface area contributed by atoms with Crippen molar-refractivity contribution in [1.29, 1.82) is 0 Å². The highest BCUT2D eigenvalue weighted by atomic mass is 16.6. The van der Waals surface area contributed by atoms with Crippen LogP contribution >= 0.6 is 0 Å². The van der Waals surface area contributed by atoms with Crippen molar-refractivity contribution in [2.45, 2.75) is 50.5 Å². The van der Waals surface area contributed by atoms with Crippen molar-refractivity contribution in [3.8, 4) is 0 Å². The summed E-state index contributed by atoms with van der Waals surface area (Å²) in [4.78, 5) is 27.7. The smallest absolute Gasteiger partial charge is 0.269 e. The summed E-state index contributed by atoms with van der Waals surface area (Å²) in [5, 5.41) is 21.8. The van der Waals surface area contributed by atoms with Crippen molar-refractivity contribution in [3.05, 3.63) is 34.4 Å². The van der Waals surface area contributed by atoms with Gasteiger partial charge in [0.25, 0.3) is 5.69 Å². The van der Waals surface area contributed by atoms with Gasteiger partial charge in [0, 0.05) is 50.4 Å². The lowest BCUT2D eigenvalue weighted by Gasteiger charge is -2.60. The summed E-state index contributed by atoms with van der Waals surface area (Å²) in [5.74, 6) is 1.44. The van der Waals surface area contributed by atoms with E-state index in [2.05, 4.69) is 4.90 Å². The lowest BCUT2D eigenvalue weighted by Crippen LogP contribution is -2.57. The minimum absolute atomic E-state index is 0.0193. The molecule has 1 aromatic rings. The van der Waals surface area contributed by atoms with Crippen LogP contribution in [0, 0.1) is 27.4 Å². The average molecular weight is 399 g/mol. The molecule has 6 rings (SSSR count). The normalized spacial score (nSPS) is 35.8. The molecule has 4 bridgehead atoms. The van der Waals surface area contributed by atoms with E-state index in [4.69, 9.17) is 0 Å². The third kappa shape index (κ3) is 3.50. The van der Waals surface area contributed by atoms with E-state index in [1.54, 1.807) is 12.1 Å². The maximum absolute atomic E-state index is 13.1. The lowest BCUT2D eigenvalue weighted by molar-refractivity contribution is -0.384. The molecule has 7 heteroatoms. The number of non-ortho nitro benzene ring substituents is 1. The number of hydrogen-bond acceptors (Lipinski definition) is 5. The van der Waals surface area contributed by atoms with E-state index < -0.39 is 5.60 Å². The number of carbonyl (C=O) groups is 1. The van der Waals surface area contributed by atoms with Gasteiger partial charge in [-0.1, -0.05) is 0 Å². The van der Waals surface area contributed by atoms with E-state index >= 15 is 0 Å². The summed E-state index contributed by atoms with van der Waals surface area (Å²) in [6.45, 7) is 2.85. The molecule has 1 N–H and O–H groups in total. The van der Waals surface area contributed by atoms with E-state index in [1.807, 2.05) is 4.90 Å². The van der Waals surface area contributed by atoms with Crippen LogP contribution in [-0.4, -0.2) is 52.6 Å². The second-order valence-electron chi connectivity index (χ2n) is 10.0. The number of nitrogens with zero attached hydrogens (tertiary/aromatic N) is 3. The first-order chi connectivity index (χ1) is 13.8. The Morgan fingerprint density at radius 1 is 1.07 bits per heavy atom. The monoisotopic (exact) mass is 399 g/mol. The minimum atomic E-state index is -0.515. The number of piperazine rings is 1. The van der Waals surface area contributed by atoms with Crippen LogP contribution in [0.15, 0.2) is 24.3 Å². The standard InChI is InChI=1S/C22H29N3O4/c26-20(14-21-10-16-9-17(11-21)13-22(27,12-16)15-21)24-7-5-23(6-8-24)18-1-3-19(4-2-18)25(28)29/h1-4,16-17,27H,5-15H2/t16-,17-,21?,22?/m1/s1. The topological polar surface area (TPSA) is 86.9 Å². The minimum Gasteiger partial charge on any atom is -0.390 e. The molecule has 7 nitrogen and oxygen atoms in total. The van der Waals surface area contributed by atoms with Crippen molar-refractivity contribution in [1.82, 2.24) is 4.90 Å². The van der Waals surface area contributed by atoms with Gasteiger partial charge in [-0.2, -0.15) is 0 Å². The number of amides is 1. The first-order valence-electron chi connectivity index (χ1n) is 10.8. The Hall–Kier alpha value is -2.15. The number of benzene rings is 1. The summed E-state index contributed by atoms with van der Waals surface area (Å²) in [6, 6.07) is 6.63. The number of aliphatic hydroxyl groups is 1. The van der Waals surface area contributed by atoms with Gasteiger partial charge in [0.2, 0.25) is 5.91 Å². The molecule has 1 heterocycles. The highest BCUT2D eigenvalue weighted by Gasteiger charge is 2.57. The molecule has 0 spiro atoms. The van der Waals surface area contributed by atoms with Crippen molar-refractivity contribution in [2.75, 3.05) is 31.1 Å². The van der Waals surface area contributed by atoms with E-state index in [0.29, 0.717) is 31.3 Å². The second-order valence-corrected chi connectivity index (χ2v) is 10.0. The summed E-state index contributed by atoms with van der Waals surface area (Å²) in [7, 11) is 0. The molecular weight excluding hydrogens is 370 g/mol. The maximum Gasteiger partial charge on any atom is 0.269 e. The molecule has 4 saturated carbocycles. The van der Waals surface area contributed by atoms with Gasteiger partial charge in [-0.25, -0.2) is 0 Å². The molecule has 29 heavy (non-hydrogen) atoms. The molecule has 0 radical (unpaired) electrons. The molecule has 2 atom stereocenters. The number of rotatable bonds is 4. The number of anilines is 1. The van der Waals surface area contributed by atoms with Gasteiger partial charge in [-0.05, 0) is 67.9 Å². The van der Waals surface area contributed by atoms with E-state index in [0.717, 1.165) is 50.9 Å². The molecule has 5 aliphatic rings. The van der Waals surface area contributed by atoms with Gasteiger partial charge in [0.1, 0.15) is 0 Å².